The monoisotopic (exact) mass is 233 g/mol. The Morgan fingerprint density at radius 3 is 2.76 bits per heavy atom. The van der Waals surface area contributed by atoms with Crippen molar-refractivity contribution < 1.29 is 4.92 Å². The fraction of sp³-hybridized carbons (Fsp3) is 0.417. The molecule has 0 aliphatic carbocycles. The van der Waals surface area contributed by atoms with Crippen molar-refractivity contribution in [1.29, 1.82) is 5.26 Å². The molecule has 0 saturated carbocycles. The molecule has 0 spiro atoms. The van der Waals surface area contributed by atoms with Gasteiger partial charge in [-0.25, -0.2) is 0 Å². The first-order valence-electron chi connectivity index (χ1n) is 5.32. The van der Waals surface area contributed by atoms with Crippen molar-refractivity contribution >= 4 is 11.4 Å². The number of nitro groups is 1. The summed E-state index contributed by atoms with van der Waals surface area (Å²) in [6, 6.07) is 7.10. The molecular formula is C12H15N3O2. The minimum Gasteiger partial charge on any atom is -0.368 e. The number of nitriles is 1. The second-order valence-corrected chi connectivity index (χ2v) is 4.11. The molecule has 0 amide bonds. The number of benzene rings is 1. The molecule has 5 heteroatoms. The average Bonchev–Trinajstić information content (AvgIpc) is 2.28. The largest absolute Gasteiger partial charge is 0.368 e. The highest BCUT2D eigenvalue weighted by molar-refractivity contribution is 5.67. The van der Waals surface area contributed by atoms with Crippen molar-refractivity contribution in [2.24, 2.45) is 5.92 Å². The van der Waals surface area contributed by atoms with E-state index in [0.29, 0.717) is 12.2 Å². The summed E-state index contributed by atoms with van der Waals surface area (Å²) in [5.41, 5.74) is 1.50. The Bertz CT molecular complexity index is 465. The highest BCUT2D eigenvalue weighted by atomic mass is 16.6. The lowest BCUT2D eigenvalue weighted by Crippen LogP contribution is -2.24. The second kappa shape index (κ2) is 5.30. The number of nitrogens with zero attached hydrogens (tertiary/aromatic N) is 3. The molecule has 0 radical (unpaired) electrons. The minimum absolute atomic E-state index is 0.0811. The maximum absolute atomic E-state index is 10.9. The van der Waals surface area contributed by atoms with Gasteiger partial charge < -0.3 is 4.90 Å². The first-order valence-corrected chi connectivity index (χ1v) is 5.32. The summed E-state index contributed by atoms with van der Waals surface area (Å²) in [7, 11) is 1.77. The van der Waals surface area contributed by atoms with E-state index in [1.165, 1.54) is 6.07 Å². The van der Waals surface area contributed by atoms with Crippen LogP contribution in [-0.4, -0.2) is 18.5 Å². The quantitative estimate of drug-likeness (QED) is 0.591. The van der Waals surface area contributed by atoms with Crippen LogP contribution in [0.4, 0.5) is 11.4 Å². The van der Waals surface area contributed by atoms with Gasteiger partial charge in [-0.05, 0) is 19.4 Å². The van der Waals surface area contributed by atoms with Crippen molar-refractivity contribution in [1.82, 2.24) is 0 Å². The van der Waals surface area contributed by atoms with E-state index in [1.807, 2.05) is 13.0 Å². The van der Waals surface area contributed by atoms with Gasteiger partial charge in [0.05, 0.1) is 16.9 Å². The lowest BCUT2D eigenvalue weighted by atomic mass is 10.1. The highest BCUT2D eigenvalue weighted by Crippen LogP contribution is 2.30. The number of nitro benzene ring substituents is 1. The summed E-state index contributed by atoms with van der Waals surface area (Å²) in [4.78, 5) is 12.3. The molecule has 1 unspecified atom stereocenters. The standard InChI is InChI=1S/C12H15N3O2/c1-9(7-13)8-14(3)12-10(2)5-4-6-11(12)15(16)17/h4-6,9H,8H2,1-3H3. The van der Waals surface area contributed by atoms with E-state index in [2.05, 4.69) is 6.07 Å². The summed E-state index contributed by atoms with van der Waals surface area (Å²) in [5, 5.41) is 19.7. The second-order valence-electron chi connectivity index (χ2n) is 4.11. The van der Waals surface area contributed by atoms with E-state index in [1.54, 1.807) is 24.9 Å². The summed E-state index contributed by atoms with van der Waals surface area (Å²) >= 11 is 0. The van der Waals surface area contributed by atoms with Gasteiger partial charge in [0.15, 0.2) is 0 Å². The summed E-state index contributed by atoms with van der Waals surface area (Å²) < 4.78 is 0. The van der Waals surface area contributed by atoms with Gasteiger partial charge in [-0.1, -0.05) is 12.1 Å². The first kappa shape index (κ1) is 13.0. The SMILES string of the molecule is Cc1cccc([N+](=O)[O-])c1N(C)CC(C)C#N. The maximum Gasteiger partial charge on any atom is 0.292 e. The molecule has 17 heavy (non-hydrogen) atoms. The van der Waals surface area contributed by atoms with Crippen LogP contribution < -0.4 is 4.90 Å². The highest BCUT2D eigenvalue weighted by Gasteiger charge is 2.19. The third-order valence-electron chi connectivity index (χ3n) is 2.56. The Kier molecular flexibility index (Phi) is 4.05. The predicted molar refractivity (Wildman–Crippen MR) is 65.9 cm³/mol. The molecule has 0 heterocycles. The van der Waals surface area contributed by atoms with E-state index in [9.17, 15) is 10.1 Å². The summed E-state index contributed by atoms with van der Waals surface area (Å²) in [6.45, 7) is 4.10. The predicted octanol–water partition coefficient (Wildman–Crippen LogP) is 2.50. The van der Waals surface area contributed by atoms with Crippen molar-refractivity contribution in [3.63, 3.8) is 0 Å². The molecule has 0 aliphatic heterocycles. The zero-order chi connectivity index (χ0) is 13.0. The molecule has 1 aromatic rings. The normalized spacial score (nSPS) is 11.6. The third kappa shape index (κ3) is 2.94. The zero-order valence-corrected chi connectivity index (χ0v) is 10.2. The van der Waals surface area contributed by atoms with Crippen LogP contribution in [0, 0.1) is 34.3 Å². The minimum atomic E-state index is -0.393. The van der Waals surface area contributed by atoms with Crippen LogP contribution in [0.25, 0.3) is 0 Å². The molecule has 0 aromatic heterocycles. The number of hydrogen-bond donors (Lipinski definition) is 0. The van der Waals surface area contributed by atoms with E-state index >= 15 is 0 Å². The van der Waals surface area contributed by atoms with E-state index < -0.39 is 4.92 Å². The van der Waals surface area contributed by atoms with Gasteiger partial charge in [0.2, 0.25) is 0 Å². The molecule has 5 nitrogen and oxygen atoms in total. The Morgan fingerprint density at radius 1 is 1.59 bits per heavy atom. The average molecular weight is 233 g/mol. The third-order valence-corrected chi connectivity index (χ3v) is 2.56. The first-order chi connectivity index (χ1) is 7.97. The number of para-hydroxylation sites is 1. The maximum atomic E-state index is 10.9. The van der Waals surface area contributed by atoms with Gasteiger partial charge in [0.1, 0.15) is 5.69 Å². The van der Waals surface area contributed by atoms with Gasteiger partial charge in [-0.15, -0.1) is 0 Å². The number of hydrogen-bond acceptors (Lipinski definition) is 4. The Balaban J connectivity index is 3.12. The van der Waals surface area contributed by atoms with Crippen molar-refractivity contribution in [3.8, 4) is 6.07 Å². The van der Waals surface area contributed by atoms with E-state index in [4.69, 9.17) is 5.26 Å². The molecule has 1 rings (SSSR count). The Labute approximate surface area is 100 Å². The molecule has 90 valence electrons. The number of anilines is 1. The summed E-state index contributed by atoms with van der Waals surface area (Å²) in [5.74, 6) is -0.167. The lowest BCUT2D eigenvalue weighted by molar-refractivity contribution is -0.384. The Hall–Kier alpha value is -2.09. The van der Waals surface area contributed by atoms with E-state index in [0.717, 1.165) is 5.56 Å². The van der Waals surface area contributed by atoms with Crippen LogP contribution >= 0.6 is 0 Å². The molecular weight excluding hydrogens is 218 g/mol. The molecule has 0 saturated heterocycles. The number of aryl methyl sites for hydroxylation is 1. The van der Waals surface area contributed by atoms with Gasteiger partial charge in [0.25, 0.3) is 5.69 Å². The molecule has 0 N–H and O–H groups in total. The smallest absolute Gasteiger partial charge is 0.292 e. The molecule has 1 aromatic carbocycles. The van der Waals surface area contributed by atoms with Crippen LogP contribution in [0.1, 0.15) is 12.5 Å². The van der Waals surface area contributed by atoms with E-state index in [-0.39, 0.29) is 11.6 Å². The fourth-order valence-corrected chi connectivity index (χ4v) is 1.83. The van der Waals surface area contributed by atoms with Gasteiger partial charge in [0, 0.05) is 19.7 Å². The molecule has 0 aliphatic rings. The zero-order valence-electron chi connectivity index (χ0n) is 10.2. The van der Waals surface area contributed by atoms with Crippen molar-refractivity contribution in [2.45, 2.75) is 13.8 Å². The Morgan fingerprint density at radius 2 is 2.24 bits per heavy atom. The molecule has 1 atom stereocenters. The van der Waals surface area contributed by atoms with Crippen molar-refractivity contribution in [3.05, 3.63) is 33.9 Å². The van der Waals surface area contributed by atoms with Crippen LogP contribution in [-0.2, 0) is 0 Å². The van der Waals surface area contributed by atoms with Gasteiger partial charge in [-0.3, -0.25) is 10.1 Å². The topological polar surface area (TPSA) is 70.2 Å². The van der Waals surface area contributed by atoms with Crippen molar-refractivity contribution in [2.75, 3.05) is 18.5 Å². The fourth-order valence-electron chi connectivity index (χ4n) is 1.83. The van der Waals surface area contributed by atoms with Crippen LogP contribution in [0.15, 0.2) is 18.2 Å². The van der Waals surface area contributed by atoms with Gasteiger partial charge in [-0.2, -0.15) is 5.26 Å². The van der Waals surface area contributed by atoms with Crippen LogP contribution in [0.5, 0.6) is 0 Å². The molecule has 0 fully saturated rings. The van der Waals surface area contributed by atoms with Crippen LogP contribution in [0.3, 0.4) is 0 Å². The summed E-state index contributed by atoms with van der Waals surface area (Å²) in [6.07, 6.45) is 0. The van der Waals surface area contributed by atoms with Gasteiger partial charge >= 0.3 is 0 Å². The number of rotatable bonds is 4. The molecule has 0 bridgehead atoms. The lowest BCUT2D eigenvalue weighted by Gasteiger charge is -2.22. The van der Waals surface area contributed by atoms with Crippen LogP contribution in [0.2, 0.25) is 0 Å².